The van der Waals surface area contributed by atoms with Gasteiger partial charge in [0.2, 0.25) is 0 Å². The summed E-state index contributed by atoms with van der Waals surface area (Å²) in [4.78, 5) is 11.0. The molecule has 1 aliphatic carbocycles. The van der Waals surface area contributed by atoms with E-state index in [0.717, 1.165) is 44.0 Å². The third-order valence-electron chi connectivity index (χ3n) is 5.05. The molecule has 1 aliphatic heterocycles. The van der Waals surface area contributed by atoms with Crippen LogP contribution in [-0.2, 0) is 19.4 Å². The van der Waals surface area contributed by atoms with Crippen molar-refractivity contribution in [2.75, 3.05) is 6.54 Å². The van der Waals surface area contributed by atoms with Crippen LogP contribution in [0.15, 0.2) is 0 Å². The van der Waals surface area contributed by atoms with Crippen molar-refractivity contribution < 1.29 is 0 Å². The Hall–Kier alpha value is -1.76. The Labute approximate surface area is 136 Å². The second kappa shape index (κ2) is 6.03. The molecule has 0 amide bonds. The zero-order valence-corrected chi connectivity index (χ0v) is 14.0. The molecular formula is C16H25N7. The molecule has 1 fully saturated rings. The predicted molar refractivity (Wildman–Crippen MR) is 85.8 cm³/mol. The van der Waals surface area contributed by atoms with Gasteiger partial charge in [0.15, 0.2) is 5.82 Å². The average Bonchev–Trinajstić information content (AvgIpc) is 3.25. The van der Waals surface area contributed by atoms with Crippen molar-refractivity contribution in [1.29, 1.82) is 0 Å². The smallest absolute Gasteiger partial charge is 0.165 e. The van der Waals surface area contributed by atoms with E-state index in [9.17, 15) is 0 Å². The molecule has 0 aromatic carbocycles. The first-order valence-corrected chi connectivity index (χ1v) is 8.81. The number of aryl methyl sites for hydroxylation is 2. The number of hydrogen-bond donors (Lipinski definition) is 1. The lowest BCUT2D eigenvalue weighted by atomic mass is 10.0. The van der Waals surface area contributed by atoms with Crippen LogP contribution in [0, 0.1) is 0 Å². The number of nitrogens with zero attached hydrogens (tertiary/aromatic N) is 6. The summed E-state index contributed by atoms with van der Waals surface area (Å²) >= 11 is 0. The van der Waals surface area contributed by atoms with E-state index < -0.39 is 0 Å². The molecule has 0 unspecified atom stereocenters. The van der Waals surface area contributed by atoms with Gasteiger partial charge in [0.1, 0.15) is 5.82 Å². The van der Waals surface area contributed by atoms with Crippen molar-refractivity contribution in [2.24, 2.45) is 0 Å². The molecule has 23 heavy (non-hydrogen) atoms. The van der Waals surface area contributed by atoms with Gasteiger partial charge in [-0.15, -0.1) is 5.10 Å². The van der Waals surface area contributed by atoms with E-state index in [4.69, 9.17) is 4.98 Å². The molecule has 2 aliphatic rings. The summed E-state index contributed by atoms with van der Waals surface area (Å²) in [6, 6.07) is 0.662. The molecule has 3 heterocycles. The zero-order valence-electron chi connectivity index (χ0n) is 14.0. The fourth-order valence-electron chi connectivity index (χ4n) is 3.86. The molecule has 2 aromatic rings. The molecule has 1 atom stereocenters. The maximum absolute atomic E-state index is 4.91. The number of rotatable bonds is 4. The lowest BCUT2D eigenvalue weighted by molar-refractivity contribution is 0.228. The van der Waals surface area contributed by atoms with Gasteiger partial charge in [-0.25, -0.2) is 9.67 Å². The third kappa shape index (κ3) is 2.78. The summed E-state index contributed by atoms with van der Waals surface area (Å²) in [7, 11) is 0. The van der Waals surface area contributed by atoms with Crippen molar-refractivity contribution in [1.82, 2.24) is 35.1 Å². The lowest BCUT2D eigenvalue weighted by Crippen LogP contribution is -2.26. The summed E-state index contributed by atoms with van der Waals surface area (Å²) in [5.74, 6) is 2.10. The van der Waals surface area contributed by atoms with Crippen LogP contribution in [0.3, 0.4) is 0 Å². The fourth-order valence-corrected chi connectivity index (χ4v) is 3.86. The van der Waals surface area contributed by atoms with Crippen LogP contribution in [0.2, 0.25) is 0 Å². The quantitative estimate of drug-likeness (QED) is 0.936. The summed E-state index contributed by atoms with van der Waals surface area (Å²) < 4.78 is 1.92. The van der Waals surface area contributed by atoms with Crippen molar-refractivity contribution >= 4 is 0 Å². The highest BCUT2D eigenvalue weighted by atomic mass is 15.6. The van der Waals surface area contributed by atoms with Gasteiger partial charge in [-0.2, -0.15) is 0 Å². The van der Waals surface area contributed by atoms with E-state index in [0.29, 0.717) is 6.04 Å². The van der Waals surface area contributed by atoms with E-state index in [2.05, 4.69) is 39.3 Å². The summed E-state index contributed by atoms with van der Waals surface area (Å²) in [6.45, 7) is 6.10. The van der Waals surface area contributed by atoms with E-state index >= 15 is 0 Å². The number of fused-ring (bicyclic) bond motifs is 1. The second-order valence-corrected chi connectivity index (χ2v) is 7.02. The number of imidazole rings is 1. The Morgan fingerprint density at radius 1 is 1.22 bits per heavy atom. The van der Waals surface area contributed by atoms with Gasteiger partial charge < -0.3 is 4.98 Å². The van der Waals surface area contributed by atoms with Gasteiger partial charge in [-0.05, 0) is 69.3 Å². The van der Waals surface area contributed by atoms with Crippen LogP contribution in [0.5, 0.6) is 0 Å². The number of likely N-dealkylation sites (tertiary alicyclic amines) is 1. The van der Waals surface area contributed by atoms with Gasteiger partial charge in [-0.1, -0.05) is 0 Å². The van der Waals surface area contributed by atoms with Crippen molar-refractivity contribution in [3.05, 3.63) is 23.0 Å². The molecule has 1 N–H and O–H groups in total. The lowest BCUT2D eigenvalue weighted by Gasteiger charge is -2.22. The van der Waals surface area contributed by atoms with Crippen LogP contribution in [0.1, 0.15) is 74.7 Å². The molecule has 0 radical (unpaired) electrons. The molecule has 4 rings (SSSR count). The van der Waals surface area contributed by atoms with Crippen LogP contribution in [0.4, 0.5) is 0 Å². The maximum Gasteiger partial charge on any atom is 0.165 e. The van der Waals surface area contributed by atoms with E-state index in [1.54, 1.807) is 0 Å². The van der Waals surface area contributed by atoms with Gasteiger partial charge in [0.25, 0.3) is 0 Å². The largest absolute Gasteiger partial charge is 0.344 e. The Bertz CT molecular complexity index is 648. The van der Waals surface area contributed by atoms with Gasteiger partial charge >= 0.3 is 0 Å². The summed E-state index contributed by atoms with van der Waals surface area (Å²) in [5, 5.41) is 12.2. The molecule has 0 saturated carbocycles. The highest BCUT2D eigenvalue weighted by molar-refractivity contribution is 5.19. The zero-order chi connectivity index (χ0) is 15.8. The van der Waals surface area contributed by atoms with Crippen LogP contribution in [0.25, 0.3) is 0 Å². The molecule has 1 saturated heterocycles. The third-order valence-corrected chi connectivity index (χ3v) is 5.05. The monoisotopic (exact) mass is 315 g/mol. The minimum absolute atomic E-state index is 0.289. The number of hydrogen-bond acceptors (Lipinski definition) is 5. The molecular weight excluding hydrogens is 290 g/mol. The highest BCUT2D eigenvalue weighted by Gasteiger charge is 2.31. The van der Waals surface area contributed by atoms with Gasteiger partial charge in [-0.3, -0.25) is 4.90 Å². The summed E-state index contributed by atoms with van der Waals surface area (Å²) in [6.07, 6.45) is 7.21. The number of aromatic amines is 1. The molecule has 7 nitrogen and oxygen atoms in total. The number of tetrazole rings is 1. The van der Waals surface area contributed by atoms with Crippen molar-refractivity contribution in [2.45, 2.75) is 71.0 Å². The minimum Gasteiger partial charge on any atom is -0.344 e. The highest BCUT2D eigenvalue weighted by Crippen LogP contribution is 2.33. The molecule has 0 spiro atoms. The van der Waals surface area contributed by atoms with Gasteiger partial charge in [0, 0.05) is 5.69 Å². The molecule has 0 bridgehead atoms. The molecule has 2 aromatic heterocycles. The Morgan fingerprint density at radius 2 is 2.09 bits per heavy atom. The van der Waals surface area contributed by atoms with Crippen molar-refractivity contribution in [3.8, 4) is 0 Å². The maximum atomic E-state index is 4.91. The normalized spacial score (nSPS) is 22.0. The summed E-state index contributed by atoms with van der Waals surface area (Å²) in [5.41, 5.74) is 2.66. The number of H-pyrrole nitrogens is 1. The molecule has 7 heteroatoms. The standard InChI is InChI=1S/C16H25N7/c1-11(2)23-15(19-20-21-23)10-22-9-5-8-14(22)16-17-12-6-3-4-7-13(12)18-16/h11,14H,3-10H2,1-2H3,(H,17,18)/t14-/m1/s1. The first-order chi connectivity index (χ1) is 11.2. The van der Waals surface area contributed by atoms with E-state index in [1.807, 2.05) is 4.68 Å². The fraction of sp³-hybridized carbons (Fsp3) is 0.750. The Morgan fingerprint density at radius 3 is 2.91 bits per heavy atom. The average molecular weight is 315 g/mol. The first kappa shape index (κ1) is 14.8. The Kier molecular flexibility index (Phi) is 3.88. The van der Waals surface area contributed by atoms with Crippen LogP contribution < -0.4 is 0 Å². The van der Waals surface area contributed by atoms with Gasteiger partial charge in [0.05, 0.1) is 24.3 Å². The first-order valence-electron chi connectivity index (χ1n) is 8.81. The number of aromatic nitrogens is 6. The van der Waals surface area contributed by atoms with E-state index in [1.165, 1.54) is 30.7 Å². The van der Waals surface area contributed by atoms with E-state index in [-0.39, 0.29) is 6.04 Å². The van der Waals surface area contributed by atoms with Crippen LogP contribution in [-0.4, -0.2) is 41.6 Å². The minimum atomic E-state index is 0.289. The second-order valence-electron chi connectivity index (χ2n) is 7.02. The van der Waals surface area contributed by atoms with Crippen LogP contribution >= 0.6 is 0 Å². The number of nitrogens with one attached hydrogen (secondary N) is 1. The SMILES string of the molecule is CC(C)n1nnnc1CN1CCC[C@@H]1c1nc2c([nH]1)CCCC2. The Balaban J connectivity index is 1.54. The topological polar surface area (TPSA) is 75.5 Å². The molecule has 124 valence electrons. The van der Waals surface area contributed by atoms with Crippen molar-refractivity contribution in [3.63, 3.8) is 0 Å². The predicted octanol–water partition coefficient (Wildman–Crippen LogP) is 2.19.